The van der Waals surface area contributed by atoms with Crippen molar-refractivity contribution >= 4 is 40.8 Å². The van der Waals surface area contributed by atoms with Gasteiger partial charge in [-0.1, -0.05) is 34.8 Å². The molecule has 2 aromatic rings. The zero-order valence-electron chi connectivity index (χ0n) is 15.4. The van der Waals surface area contributed by atoms with E-state index in [1.807, 2.05) is 0 Å². The van der Waals surface area contributed by atoms with Crippen LogP contribution in [0.25, 0.3) is 0 Å². The summed E-state index contributed by atoms with van der Waals surface area (Å²) in [5.74, 6) is -0.343. The van der Waals surface area contributed by atoms with Crippen LogP contribution in [0.4, 0.5) is 5.82 Å². The molecular weight excluding hydrogens is 403 g/mol. The van der Waals surface area contributed by atoms with Crippen molar-refractivity contribution in [3.63, 3.8) is 0 Å². The van der Waals surface area contributed by atoms with Crippen LogP contribution in [-0.2, 0) is 4.79 Å². The number of carbonyl (C=O) groups is 2. The van der Waals surface area contributed by atoms with Gasteiger partial charge in [0, 0.05) is 34.8 Å². The average Bonchev–Trinajstić information content (AvgIpc) is 3.17. The van der Waals surface area contributed by atoms with Gasteiger partial charge in [-0.3, -0.25) is 9.59 Å². The summed E-state index contributed by atoms with van der Waals surface area (Å²) in [5, 5.41) is 7.02. The first-order valence-corrected chi connectivity index (χ1v) is 9.95. The highest BCUT2D eigenvalue weighted by Crippen LogP contribution is 2.20. The Hall–Kier alpha value is -2.09. The molecule has 0 aliphatic carbocycles. The lowest BCUT2D eigenvalue weighted by molar-refractivity contribution is -0.117. The highest BCUT2D eigenvalue weighted by Gasteiger charge is 2.21. The van der Waals surface area contributed by atoms with Crippen molar-refractivity contribution in [2.24, 2.45) is 0 Å². The number of hydrogen-bond acceptors (Lipinski definition) is 5. The summed E-state index contributed by atoms with van der Waals surface area (Å²) >= 11 is 12.1. The molecule has 3 rings (SSSR count). The maximum atomic E-state index is 13.0. The Labute approximate surface area is 173 Å². The van der Waals surface area contributed by atoms with Crippen LogP contribution in [0.15, 0.2) is 35.1 Å². The summed E-state index contributed by atoms with van der Waals surface area (Å²) in [7, 11) is 0. The standard InChI is InChI=1S/C19H22Cl2N4O3/c20-15-10-14(11-16(21)12-15)19(27)25(8-7-24-5-2-1-3-6-24)13-18(26)22-17-4-9-28-23-17/h4,9-12H,1-3,5-8,13H2,(H,22,23,26). The number of nitrogens with zero attached hydrogens (tertiary/aromatic N) is 3. The molecule has 0 bridgehead atoms. The number of benzene rings is 1. The third kappa shape index (κ3) is 5.95. The molecule has 1 aliphatic rings. The van der Waals surface area contributed by atoms with E-state index in [9.17, 15) is 9.59 Å². The number of likely N-dealkylation sites (tertiary alicyclic amines) is 1. The van der Waals surface area contributed by atoms with Crippen LogP contribution < -0.4 is 5.32 Å². The molecular formula is C19H22Cl2N4O3. The van der Waals surface area contributed by atoms with Gasteiger partial charge in [0.05, 0.1) is 0 Å². The zero-order chi connectivity index (χ0) is 19.9. The molecule has 0 spiro atoms. The van der Waals surface area contributed by atoms with Crippen LogP contribution in [0, 0.1) is 0 Å². The predicted octanol–water partition coefficient (Wildman–Crippen LogP) is 3.55. The van der Waals surface area contributed by atoms with E-state index in [1.54, 1.807) is 18.2 Å². The lowest BCUT2D eigenvalue weighted by Gasteiger charge is -2.30. The minimum absolute atomic E-state index is 0.107. The summed E-state index contributed by atoms with van der Waals surface area (Å²) < 4.78 is 4.71. The van der Waals surface area contributed by atoms with E-state index in [4.69, 9.17) is 27.7 Å². The molecule has 2 heterocycles. The van der Waals surface area contributed by atoms with Crippen LogP contribution >= 0.6 is 23.2 Å². The Balaban J connectivity index is 1.70. The van der Waals surface area contributed by atoms with Crippen molar-refractivity contribution in [3.05, 3.63) is 46.1 Å². The lowest BCUT2D eigenvalue weighted by atomic mass is 10.1. The number of rotatable bonds is 7. The molecule has 0 saturated carbocycles. The SMILES string of the molecule is O=C(CN(CCN1CCCCC1)C(=O)c1cc(Cl)cc(Cl)c1)Nc1ccon1. The quantitative estimate of drug-likeness (QED) is 0.734. The molecule has 7 nitrogen and oxygen atoms in total. The largest absolute Gasteiger partial charge is 0.363 e. The molecule has 0 radical (unpaired) electrons. The molecule has 28 heavy (non-hydrogen) atoms. The number of piperidine rings is 1. The van der Waals surface area contributed by atoms with Crippen molar-refractivity contribution in [1.82, 2.24) is 15.0 Å². The van der Waals surface area contributed by atoms with Crippen LogP contribution in [0.1, 0.15) is 29.6 Å². The Morgan fingerprint density at radius 3 is 2.50 bits per heavy atom. The number of carbonyl (C=O) groups excluding carboxylic acids is 2. The zero-order valence-corrected chi connectivity index (χ0v) is 16.9. The second kappa shape index (κ2) is 9.91. The fraction of sp³-hybridized carbons (Fsp3) is 0.421. The fourth-order valence-electron chi connectivity index (χ4n) is 3.19. The number of amides is 2. The van der Waals surface area contributed by atoms with Gasteiger partial charge in [0.15, 0.2) is 5.82 Å². The van der Waals surface area contributed by atoms with Gasteiger partial charge in [0.2, 0.25) is 5.91 Å². The monoisotopic (exact) mass is 424 g/mol. The maximum Gasteiger partial charge on any atom is 0.254 e. The molecule has 1 aliphatic heterocycles. The van der Waals surface area contributed by atoms with E-state index in [-0.39, 0.29) is 18.4 Å². The van der Waals surface area contributed by atoms with Gasteiger partial charge in [0.25, 0.3) is 5.91 Å². The van der Waals surface area contributed by atoms with E-state index in [0.717, 1.165) is 25.9 Å². The van der Waals surface area contributed by atoms with Crippen LogP contribution in [0.3, 0.4) is 0 Å². The molecule has 1 aromatic heterocycles. The Kier molecular flexibility index (Phi) is 7.30. The average molecular weight is 425 g/mol. The number of aromatic nitrogens is 1. The second-order valence-electron chi connectivity index (χ2n) is 6.72. The van der Waals surface area contributed by atoms with E-state index >= 15 is 0 Å². The molecule has 1 fully saturated rings. The van der Waals surface area contributed by atoms with Crippen LogP contribution in [0.5, 0.6) is 0 Å². The van der Waals surface area contributed by atoms with Gasteiger partial charge in [-0.2, -0.15) is 0 Å². The summed E-state index contributed by atoms with van der Waals surface area (Å²) in [5.41, 5.74) is 0.352. The third-order valence-electron chi connectivity index (χ3n) is 4.57. The molecule has 0 unspecified atom stereocenters. The number of hydrogen-bond donors (Lipinski definition) is 1. The van der Waals surface area contributed by atoms with Crippen molar-refractivity contribution in [1.29, 1.82) is 0 Å². The maximum absolute atomic E-state index is 13.0. The van der Waals surface area contributed by atoms with E-state index < -0.39 is 0 Å². The van der Waals surface area contributed by atoms with Gasteiger partial charge >= 0.3 is 0 Å². The smallest absolute Gasteiger partial charge is 0.254 e. The molecule has 0 atom stereocenters. The Morgan fingerprint density at radius 2 is 1.86 bits per heavy atom. The lowest BCUT2D eigenvalue weighted by Crippen LogP contribution is -2.43. The van der Waals surface area contributed by atoms with Gasteiger partial charge < -0.3 is 19.6 Å². The number of halogens is 2. The number of anilines is 1. The summed E-state index contributed by atoms with van der Waals surface area (Å²) in [6.07, 6.45) is 4.91. The fourth-order valence-corrected chi connectivity index (χ4v) is 3.72. The molecule has 1 aromatic carbocycles. The van der Waals surface area contributed by atoms with Crippen LogP contribution in [-0.4, -0.2) is 59.5 Å². The first-order chi connectivity index (χ1) is 13.5. The molecule has 150 valence electrons. The Bertz CT molecular complexity index is 787. The summed E-state index contributed by atoms with van der Waals surface area (Å²) in [6, 6.07) is 6.21. The van der Waals surface area contributed by atoms with Gasteiger partial charge in [0.1, 0.15) is 12.8 Å². The van der Waals surface area contributed by atoms with E-state index in [0.29, 0.717) is 34.5 Å². The van der Waals surface area contributed by atoms with E-state index in [1.165, 1.54) is 23.7 Å². The highest BCUT2D eigenvalue weighted by atomic mass is 35.5. The minimum atomic E-state index is -0.353. The number of nitrogens with one attached hydrogen (secondary N) is 1. The van der Waals surface area contributed by atoms with Crippen molar-refractivity contribution in [2.45, 2.75) is 19.3 Å². The molecule has 2 amide bonds. The highest BCUT2D eigenvalue weighted by molar-refractivity contribution is 6.35. The minimum Gasteiger partial charge on any atom is -0.363 e. The topological polar surface area (TPSA) is 78.7 Å². The molecule has 1 saturated heterocycles. The van der Waals surface area contributed by atoms with Crippen molar-refractivity contribution in [3.8, 4) is 0 Å². The van der Waals surface area contributed by atoms with Crippen molar-refractivity contribution < 1.29 is 14.1 Å². The first-order valence-electron chi connectivity index (χ1n) is 9.19. The van der Waals surface area contributed by atoms with Crippen LogP contribution in [0.2, 0.25) is 10.0 Å². The third-order valence-corrected chi connectivity index (χ3v) is 5.01. The van der Waals surface area contributed by atoms with Crippen molar-refractivity contribution in [2.75, 3.05) is 38.0 Å². The normalized spacial score (nSPS) is 14.6. The summed E-state index contributed by atoms with van der Waals surface area (Å²) in [6.45, 7) is 3.04. The Morgan fingerprint density at radius 1 is 1.14 bits per heavy atom. The second-order valence-corrected chi connectivity index (χ2v) is 7.59. The molecule has 1 N–H and O–H groups in total. The first kappa shape index (κ1) is 20.6. The van der Waals surface area contributed by atoms with Gasteiger partial charge in [-0.25, -0.2) is 0 Å². The van der Waals surface area contributed by atoms with E-state index in [2.05, 4.69) is 15.4 Å². The summed E-state index contributed by atoms with van der Waals surface area (Å²) in [4.78, 5) is 29.2. The van der Waals surface area contributed by atoms with Gasteiger partial charge in [-0.15, -0.1) is 0 Å². The predicted molar refractivity (Wildman–Crippen MR) is 108 cm³/mol. The van der Waals surface area contributed by atoms with Gasteiger partial charge in [-0.05, 0) is 44.1 Å². The molecule has 9 heteroatoms.